The van der Waals surface area contributed by atoms with Crippen LogP contribution in [0.25, 0.3) is 0 Å². The van der Waals surface area contributed by atoms with Gasteiger partial charge in [0.25, 0.3) is 0 Å². The van der Waals surface area contributed by atoms with E-state index in [4.69, 9.17) is 9.29 Å². The van der Waals surface area contributed by atoms with Crippen molar-refractivity contribution in [3.8, 4) is 5.75 Å². The first kappa shape index (κ1) is 9.82. The number of hydrogen-bond acceptors (Lipinski definition) is 3. The molecule has 0 aliphatic carbocycles. The van der Waals surface area contributed by atoms with Crippen LogP contribution >= 0.6 is 0 Å². The molecule has 0 unspecified atom stereocenters. The van der Waals surface area contributed by atoms with Crippen molar-refractivity contribution >= 4 is 16.0 Å². The average Bonchev–Trinajstić information content (AvgIpc) is 2.02. The fraction of sp³-hybridized carbons (Fsp3) is 0.143. The Hall–Kier alpha value is -1.27. The lowest BCUT2D eigenvalue weighted by atomic mass is 10.3. The Morgan fingerprint density at radius 3 is 2.54 bits per heavy atom. The van der Waals surface area contributed by atoms with Crippen LogP contribution in [0.2, 0.25) is 0 Å². The van der Waals surface area contributed by atoms with Crippen LogP contribution in [0, 0.1) is 0 Å². The first-order valence-corrected chi connectivity index (χ1v) is 4.76. The molecule has 0 spiro atoms. The zero-order valence-electron chi connectivity index (χ0n) is 6.84. The summed E-state index contributed by atoms with van der Waals surface area (Å²) in [6, 6.07) is 6.23. The number of benzene rings is 1. The Balaban J connectivity index is 3.01. The molecule has 6 heteroatoms. The monoisotopic (exact) mass is 202 g/mol. The summed E-state index contributed by atoms with van der Waals surface area (Å²) in [5.74, 6) is 0.292. The predicted octanol–water partition coefficient (Wildman–Crippen LogP) is 0.734. The Labute approximate surface area is 76.2 Å². The topological polar surface area (TPSA) is 77.7 Å². The first-order chi connectivity index (χ1) is 6.03. The average molecular weight is 202 g/mol. The SMILES string of the molecule is COc1ccccc1[N]S(=O)(=O)O. The molecule has 0 saturated heterocycles. The summed E-state index contributed by atoms with van der Waals surface area (Å²) in [4.78, 5) is 0. The van der Waals surface area contributed by atoms with E-state index >= 15 is 0 Å². The van der Waals surface area contributed by atoms with Gasteiger partial charge >= 0.3 is 10.3 Å². The van der Waals surface area contributed by atoms with Crippen LogP contribution in [0.3, 0.4) is 0 Å². The molecule has 1 N–H and O–H groups in total. The molecule has 0 bridgehead atoms. The smallest absolute Gasteiger partial charge is 0.379 e. The van der Waals surface area contributed by atoms with Crippen molar-refractivity contribution in [3.05, 3.63) is 24.3 Å². The molecule has 0 amide bonds. The van der Waals surface area contributed by atoms with Crippen molar-refractivity contribution in [3.63, 3.8) is 0 Å². The summed E-state index contributed by atoms with van der Waals surface area (Å²) < 4.78 is 37.1. The molecule has 1 rings (SSSR count). The number of rotatable bonds is 3. The Morgan fingerprint density at radius 1 is 1.38 bits per heavy atom. The molecular weight excluding hydrogens is 194 g/mol. The van der Waals surface area contributed by atoms with Crippen LogP contribution in [0.4, 0.5) is 5.69 Å². The Morgan fingerprint density at radius 2 is 2.00 bits per heavy atom. The standard InChI is InChI=1S/C7H8NO4S/c1-12-7-5-3-2-4-6(7)8-13(9,10)11/h2-5H,1H3,(H,9,10,11). The summed E-state index contributed by atoms with van der Waals surface area (Å²) in [6.45, 7) is 0. The molecule has 0 atom stereocenters. The number of hydrogen-bond donors (Lipinski definition) is 1. The van der Waals surface area contributed by atoms with Gasteiger partial charge in [-0.15, -0.1) is 4.72 Å². The number of ether oxygens (including phenoxy) is 1. The molecule has 0 fully saturated rings. The fourth-order valence-corrected chi connectivity index (χ4v) is 1.23. The Bertz CT molecular complexity index is 387. The molecule has 1 radical (unpaired) electrons. The second-order valence-electron chi connectivity index (χ2n) is 2.21. The van der Waals surface area contributed by atoms with E-state index in [0.717, 1.165) is 0 Å². The van der Waals surface area contributed by atoms with Gasteiger partial charge in [0.1, 0.15) is 11.4 Å². The van der Waals surface area contributed by atoms with Gasteiger partial charge in [0, 0.05) is 0 Å². The molecule has 0 aliphatic rings. The number of methoxy groups -OCH3 is 1. The number of nitrogens with zero attached hydrogens (tertiary/aromatic N) is 1. The van der Waals surface area contributed by atoms with E-state index in [1.54, 1.807) is 18.2 Å². The lowest BCUT2D eigenvalue weighted by molar-refractivity contribution is 0.413. The zero-order chi connectivity index (χ0) is 9.90. The first-order valence-electron chi connectivity index (χ1n) is 3.36. The summed E-state index contributed by atoms with van der Waals surface area (Å²) in [6.07, 6.45) is 0. The van der Waals surface area contributed by atoms with E-state index < -0.39 is 10.3 Å². The molecule has 1 aromatic rings. The van der Waals surface area contributed by atoms with Crippen molar-refractivity contribution in [2.75, 3.05) is 7.11 Å². The highest BCUT2D eigenvalue weighted by Crippen LogP contribution is 2.23. The lowest BCUT2D eigenvalue weighted by Crippen LogP contribution is -2.09. The molecule has 5 nitrogen and oxygen atoms in total. The van der Waals surface area contributed by atoms with E-state index in [0.29, 0.717) is 5.75 Å². The molecular formula is C7H8NO4S. The highest BCUT2D eigenvalue weighted by atomic mass is 32.2. The molecule has 0 saturated carbocycles. The largest absolute Gasteiger partial charge is 0.494 e. The van der Waals surface area contributed by atoms with Crippen LogP contribution in [-0.4, -0.2) is 20.1 Å². The van der Waals surface area contributed by atoms with E-state index in [9.17, 15) is 8.42 Å². The molecule has 1 aromatic carbocycles. The second-order valence-corrected chi connectivity index (χ2v) is 3.29. The number of para-hydroxylation sites is 1. The molecule has 0 aromatic heterocycles. The van der Waals surface area contributed by atoms with Gasteiger partial charge in [0.05, 0.1) is 7.11 Å². The van der Waals surface area contributed by atoms with Crippen molar-refractivity contribution in [1.82, 2.24) is 4.72 Å². The van der Waals surface area contributed by atoms with E-state index in [-0.39, 0.29) is 5.69 Å². The second kappa shape index (κ2) is 3.63. The highest BCUT2D eigenvalue weighted by Gasteiger charge is 2.10. The minimum atomic E-state index is -4.36. The minimum Gasteiger partial charge on any atom is -0.494 e. The summed E-state index contributed by atoms with van der Waals surface area (Å²) in [5, 5.41) is 0. The van der Waals surface area contributed by atoms with Crippen molar-refractivity contribution in [2.24, 2.45) is 0 Å². The quantitative estimate of drug-likeness (QED) is 0.733. The zero-order valence-corrected chi connectivity index (χ0v) is 7.65. The van der Waals surface area contributed by atoms with Gasteiger partial charge in [-0.2, -0.15) is 8.42 Å². The summed E-state index contributed by atoms with van der Waals surface area (Å²) in [7, 11) is -2.98. The molecule has 0 aliphatic heterocycles. The third kappa shape index (κ3) is 2.92. The minimum absolute atomic E-state index is 0.0764. The van der Waals surface area contributed by atoms with Gasteiger partial charge in [-0.25, -0.2) is 0 Å². The van der Waals surface area contributed by atoms with Gasteiger partial charge < -0.3 is 4.74 Å². The fourth-order valence-electron chi connectivity index (χ4n) is 0.829. The van der Waals surface area contributed by atoms with Gasteiger partial charge in [-0.05, 0) is 12.1 Å². The van der Waals surface area contributed by atoms with Crippen LogP contribution in [-0.2, 0) is 10.3 Å². The van der Waals surface area contributed by atoms with Gasteiger partial charge in [0.15, 0.2) is 0 Å². The molecule has 13 heavy (non-hydrogen) atoms. The summed E-state index contributed by atoms with van der Waals surface area (Å²) >= 11 is 0. The van der Waals surface area contributed by atoms with Crippen LogP contribution in [0.15, 0.2) is 24.3 Å². The lowest BCUT2D eigenvalue weighted by Gasteiger charge is -2.04. The third-order valence-electron chi connectivity index (χ3n) is 1.30. The van der Waals surface area contributed by atoms with Gasteiger partial charge in [-0.3, -0.25) is 4.55 Å². The van der Waals surface area contributed by atoms with E-state index in [1.165, 1.54) is 13.2 Å². The van der Waals surface area contributed by atoms with Crippen molar-refractivity contribution in [2.45, 2.75) is 0 Å². The highest BCUT2D eigenvalue weighted by molar-refractivity contribution is 7.83. The van der Waals surface area contributed by atoms with Crippen LogP contribution < -0.4 is 9.46 Å². The van der Waals surface area contributed by atoms with Crippen molar-refractivity contribution < 1.29 is 17.7 Å². The molecule has 71 valence electrons. The normalized spacial score (nSPS) is 10.9. The predicted molar refractivity (Wildman–Crippen MR) is 46.3 cm³/mol. The van der Waals surface area contributed by atoms with Crippen LogP contribution in [0.5, 0.6) is 5.75 Å². The van der Waals surface area contributed by atoms with E-state index in [2.05, 4.69) is 4.72 Å². The Kier molecular flexibility index (Phi) is 2.74. The molecule has 0 heterocycles. The maximum atomic E-state index is 10.4. The maximum Gasteiger partial charge on any atom is 0.379 e. The van der Waals surface area contributed by atoms with Crippen molar-refractivity contribution in [1.29, 1.82) is 0 Å². The van der Waals surface area contributed by atoms with E-state index in [1.807, 2.05) is 0 Å². The summed E-state index contributed by atoms with van der Waals surface area (Å²) in [5.41, 5.74) is 0.0764. The third-order valence-corrected chi connectivity index (χ3v) is 1.73. The van der Waals surface area contributed by atoms with Gasteiger partial charge in [-0.1, -0.05) is 12.1 Å². The maximum absolute atomic E-state index is 10.4. The van der Waals surface area contributed by atoms with Crippen LogP contribution in [0.1, 0.15) is 0 Å². The van der Waals surface area contributed by atoms with Gasteiger partial charge in [0.2, 0.25) is 0 Å².